The molecule has 0 radical (unpaired) electrons. The lowest BCUT2D eigenvalue weighted by Crippen LogP contribution is -2.03. The van der Waals surface area contributed by atoms with Crippen molar-refractivity contribution in [3.63, 3.8) is 0 Å². The van der Waals surface area contributed by atoms with Gasteiger partial charge in [0, 0.05) is 12.5 Å². The van der Waals surface area contributed by atoms with Crippen LogP contribution in [0, 0.1) is 5.92 Å². The number of rotatable bonds is 2. The van der Waals surface area contributed by atoms with Gasteiger partial charge in [-0.2, -0.15) is 0 Å². The van der Waals surface area contributed by atoms with Gasteiger partial charge in [-0.15, -0.1) is 0 Å². The number of ether oxygens (including phenoxy) is 1. The van der Waals surface area contributed by atoms with E-state index in [1.54, 1.807) is 0 Å². The number of hydrogen-bond acceptors (Lipinski definition) is 2. The molecule has 0 aliphatic carbocycles. The number of hydrogen-bond donors (Lipinski definition) is 1. The average Bonchev–Trinajstić information content (AvgIpc) is 2.67. The van der Waals surface area contributed by atoms with Crippen LogP contribution in [0.4, 0.5) is 0 Å². The number of benzene rings is 1. The van der Waals surface area contributed by atoms with Crippen LogP contribution >= 0.6 is 0 Å². The lowest BCUT2D eigenvalue weighted by atomic mass is 10.0. The fraction of sp³-hybridized carbons (Fsp3) is 0.455. The molecule has 2 nitrogen and oxygen atoms in total. The van der Waals surface area contributed by atoms with Crippen molar-refractivity contribution in [1.82, 2.24) is 0 Å². The first-order valence-electron chi connectivity index (χ1n) is 4.67. The van der Waals surface area contributed by atoms with Crippen LogP contribution in [-0.2, 0) is 4.74 Å². The van der Waals surface area contributed by atoms with E-state index in [4.69, 9.17) is 9.84 Å². The predicted octanol–water partition coefficient (Wildman–Crippen LogP) is 1.76. The largest absolute Gasteiger partial charge is 0.396 e. The molecular formula is C11H14O2. The van der Waals surface area contributed by atoms with E-state index in [1.807, 2.05) is 18.2 Å². The molecule has 1 aromatic rings. The van der Waals surface area contributed by atoms with E-state index in [9.17, 15) is 0 Å². The molecule has 2 rings (SSSR count). The highest BCUT2D eigenvalue weighted by Gasteiger charge is 2.25. The van der Waals surface area contributed by atoms with Crippen molar-refractivity contribution in [2.75, 3.05) is 13.2 Å². The van der Waals surface area contributed by atoms with Crippen molar-refractivity contribution >= 4 is 0 Å². The molecule has 2 heteroatoms. The van der Waals surface area contributed by atoms with Crippen molar-refractivity contribution < 1.29 is 9.84 Å². The molecule has 1 aliphatic rings. The van der Waals surface area contributed by atoms with Gasteiger partial charge < -0.3 is 9.84 Å². The zero-order chi connectivity index (χ0) is 9.10. The topological polar surface area (TPSA) is 29.5 Å². The minimum atomic E-state index is 0.193. The Bertz CT molecular complexity index is 258. The normalized spacial score (nSPS) is 27.8. The number of aliphatic hydroxyl groups is 1. The van der Waals surface area contributed by atoms with Gasteiger partial charge in [0.2, 0.25) is 0 Å². The van der Waals surface area contributed by atoms with Crippen LogP contribution in [0.2, 0.25) is 0 Å². The molecular weight excluding hydrogens is 164 g/mol. The fourth-order valence-electron chi connectivity index (χ4n) is 1.72. The summed E-state index contributed by atoms with van der Waals surface area (Å²) in [6, 6.07) is 10.2. The standard InChI is InChI=1S/C11H14O2/c12-7-9-6-11(13-8-9)10-4-2-1-3-5-10/h1-5,9,11-12H,6-8H2/t9-,11-/m1/s1. The highest BCUT2D eigenvalue weighted by Crippen LogP contribution is 2.31. The molecule has 1 aliphatic heterocycles. The lowest BCUT2D eigenvalue weighted by molar-refractivity contribution is 0.101. The molecule has 0 unspecified atom stereocenters. The van der Waals surface area contributed by atoms with Crippen molar-refractivity contribution in [2.24, 2.45) is 5.92 Å². The second kappa shape index (κ2) is 3.90. The second-order valence-corrected chi connectivity index (χ2v) is 3.52. The van der Waals surface area contributed by atoms with Crippen molar-refractivity contribution in [1.29, 1.82) is 0 Å². The summed E-state index contributed by atoms with van der Waals surface area (Å²) in [5.41, 5.74) is 1.22. The third-order valence-corrected chi connectivity index (χ3v) is 2.51. The predicted molar refractivity (Wildman–Crippen MR) is 50.3 cm³/mol. The van der Waals surface area contributed by atoms with E-state index in [1.165, 1.54) is 5.56 Å². The van der Waals surface area contributed by atoms with Gasteiger partial charge in [-0.05, 0) is 12.0 Å². The maximum absolute atomic E-state index is 8.95. The summed E-state index contributed by atoms with van der Waals surface area (Å²) in [5, 5.41) is 8.95. The quantitative estimate of drug-likeness (QED) is 0.747. The Morgan fingerprint density at radius 3 is 2.69 bits per heavy atom. The first-order chi connectivity index (χ1) is 6.40. The Hall–Kier alpha value is -0.860. The third kappa shape index (κ3) is 1.90. The van der Waals surface area contributed by atoms with Gasteiger partial charge in [0.1, 0.15) is 0 Å². The molecule has 13 heavy (non-hydrogen) atoms. The zero-order valence-electron chi connectivity index (χ0n) is 7.52. The Morgan fingerprint density at radius 2 is 2.08 bits per heavy atom. The van der Waals surface area contributed by atoms with Crippen LogP contribution in [0.1, 0.15) is 18.1 Å². The Labute approximate surface area is 78.2 Å². The van der Waals surface area contributed by atoms with Gasteiger partial charge in [-0.25, -0.2) is 0 Å². The highest BCUT2D eigenvalue weighted by molar-refractivity contribution is 5.18. The molecule has 1 heterocycles. The molecule has 0 amide bonds. The molecule has 1 fully saturated rings. The highest BCUT2D eigenvalue weighted by atomic mass is 16.5. The van der Waals surface area contributed by atoms with Gasteiger partial charge >= 0.3 is 0 Å². The minimum absolute atomic E-state index is 0.193. The molecule has 1 N–H and O–H groups in total. The van der Waals surface area contributed by atoms with Crippen molar-refractivity contribution in [2.45, 2.75) is 12.5 Å². The molecule has 0 aromatic heterocycles. The summed E-state index contributed by atoms with van der Waals surface area (Å²) in [6.45, 7) is 0.930. The summed E-state index contributed by atoms with van der Waals surface area (Å²) in [7, 11) is 0. The molecule has 1 saturated heterocycles. The van der Waals surface area contributed by atoms with Crippen LogP contribution in [0.5, 0.6) is 0 Å². The van der Waals surface area contributed by atoms with Crippen LogP contribution in [-0.4, -0.2) is 18.3 Å². The van der Waals surface area contributed by atoms with Crippen LogP contribution in [0.15, 0.2) is 30.3 Å². The lowest BCUT2D eigenvalue weighted by Gasteiger charge is -2.08. The van der Waals surface area contributed by atoms with Crippen molar-refractivity contribution in [3.8, 4) is 0 Å². The smallest absolute Gasteiger partial charge is 0.0829 e. The molecule has 2 atom stereocenters. The maximum Gasteiger partial charge on any atom is 0.0829 e. The maximum atomic E-state index is 8.95. The van der Waals surface area contributed by atoms with E-state index >= 15 is 0 Å². The van der Waals surface area contributed by atoms with Gasteiger partial charge in [0.25, 0.3) is 0 Å². The molecule has 1 aromatic carbocycles. The van der Waals surface area contributed by atoms with Crippen LogP contribution < -0.4 is 0 Å². The first-order valence-corrected chi connectivity index (χ1v) is 4.67. The summed E-state index contributed by atoms with van der Waals surface area (Å²) >= 11 is 0. The Balaban J connectivity index is 2.04. The summed E-state index contributed by atoms with van der Waals surface area (Å²) in [4.78, 5) is 0. The second-order valence-electron chi connectivity index (χ2n) is 3.52. The average molecular weight is 178 g/mol. The van der Waals surface area contributed by atoms with Gasteiger partial charge in [-0.3, -0.25) is 0 Å². The fourth-order valence-corrected chi connectivity index (χ4v) is 1.72. The Kier molecular flexibility index (Phi) is 2.62. The van der Waals surface area contributed by atoms with Gasteiger partial charge in [0.05, 0.1) is 12.7 Å². The van der Waals surface area contributed by atoms with Crippen molar-refractivity contribution in [3.05, 3.63) is 35.9 Å². The first kappa shape index (κ1) is 8.73. The Morgan fingerprint density at radius 1 is 1.31 bits per heavy atom. The van der Waals surface area contributed by atoms with Gasteiger partial charge in [0.15, 0.2) is 0 Å². The van der Waals surface area contributed by atoms with E-state index in [0.29, 0.717) is 12.5 Å². The molecule has 0 saturated carbocycles. The minimum Gasteiger partial charge on any atom is -0.396 e. The zero-order valence-corrected chi connectivity index (χ0v) is 7.52. The summed E-state index contributed by atoms with van der Waals surface area (Å²) < 4.78 is 5.58. The SMILES string of the molecule is OC[C@@H]1CO[C@@H](c2ccccc2)C1. The molecule has 70 valence electrons. The van der Waals surface area contributed by atoms with E-state index < -0.39 is 0 Å². The monoisotopic (exact) mass is 178 g/mol. The van der Waals surface area contributed by atoms with Gasteiger partial charge in [-0.1, -0.05) is 30.3 Å². The van der Waals surface area contributed by atoms with Crippen LogP contribution in [0.3, 0.4) is 0 Å². The molecule has 0 bridgehead atoms. The summed E-state index contributed by atoms with van der Waals surface area (Å²) in [6.07, 6.45) is 1.14. The number of aliphatic hydroxyl groups excluding tert-OH is 1. The molecule has 0 spiro atoms. The van der Waals surface area contributed by atoms with Crippen LogP contribution in [0.25, 0.3) is 0 Å². The van der Waals surface area contributed by atoms with E-state index in [-0.39, 0.29) is 12.7 Å². The third-order valence-electron chi connectivity index (χ3n) is 2.51. The summed E-state index contributed by atoms with van der Waals surface area (Å²) in [5.74, 6) is 0.324. The van der Waals surface area contributed by atoms with E-state index in [0.717, 1.165) is 6.42 Å². The van der Waals surface area contributed by atoms with E-state index in [2.05, 4.69) is 12.1 Å².